The molecule has 7 nitrogen and oxygen atoms in total. The smallest absolute Gasteiger partial charge is 0.242 e. The Hall–Kier alpha value is -2.35. The third-order valence-corrected chi connectivity index (χ3v) is 5.04. The lowest BCUT2D eigenvalue weighted by Crippen LogP contribution is -2.66. The van der Waals surface area contributed by atoms with Crippen molar-refractivity contribution in [2.45, 2.75) is 52.4 Å². The maximum absolute atomic E-state index is 14.0. The lowest BCUT2D eigenvalue weighted by atomic mass is 9.96. The predicted octanol–water partition coefficient (Wildman–Crippen LogP) is 2.10. The van der Waals surface area contributed by atoms with Gasteiger partial charge in [-0.2, -0.15) is 0 Å². The molecule has 0 spiro atoms. The second-order valence-corrected chi connectivity index (χ2v) is 8.09. The number of benzene rings is 1. The molecule has 0 bridgehead atoms. The normalized spacial score (nSPS) is 19.5. The summed E-state index contributed by atoms with van der Waals surface area (Å²) in [6, 6.07) is 3.02. The van der Waals surface area contributed by atoms with E-state index in [-0.39, 0.29) is 36.6 Å². The van der Waals surface area contributed by atoms with Crippen molar-refractivity contribution in [3.63, 3.8) is 0 Å². The Kier molecular flexibility index (Phi) is 5.79. The van der Waals surface area contributed by atoms with Gasteiger partial charge in [0.05, 0.1) is 18.7 Å². The number of amides is 1. The van der Waals surface area contributed by atoms with Gasteiger partial charge in [-0.15, -0.1) is 0 Å². The molecule has 0 aliphatic carbocycles. The Morgan fingerprint density at radius 1 is 1.39 bits per heavy atom. The van der Waals surface area contributed by atoms with E-state index >= 15 is 0 Å². The fourth-order valence-electron chi connectivity index (χ4n) is 4.21. The molecular formula is C20H29FN4O3. The maximum atomic E-state index is 14.0. The quantitative estimate of drug-likeness (QED) is 0.630. The summed E-state index contributed by atoms with van der Waals surface area (Å²) in [5.74, 6) is 0.992. The van der Waals surface area contributed by atoms with Gasteiger partial charge >= 0.3 is 0 Å². The van der Waals surface area contributed by atoms with Gasteiger partial charge < -0.3 is 24.6 Å². The molecule has 8 heteroatoms. The highest BCUT2D eigenvalue weighted by Crippen LogP contribution is 2.29. The van der Waals surface area contributed by atoms with Crippen LogP contribution >= 0.6 is 0 Å². The van der Waals surface area contributed by atoms with Crippen molar-refractivity contribution in [2.24, 2.45) is 4.99 Å². The average molecular weight is 392 g/mol. The predicted molar refractivity (Wildman–Crippen MR) is 105 cm³/mol. The first-order valence-corrected chi connectivity index (χ1v) is 9.52. The summed E-state index contributed by atoms with van der Waals surface area (Å²) in [7, 11) is 1.68. The van der Waals surface area contributed by atoms with Gasteiger partial charge in [0.25, 0.3) is 0 Å². The van der Waals surface area contributed by atoms with Crippen molar-refractivity contribution in [1.82, 2.24) is 15.1 Å². The molecule has 1 aromatic carbocycles. The van der Waals surface area contributed by atoms with Gasteiger partial charge in [-0.05, 0) is 39.8 Å². The number of nitrogens with zero attached hydrogens (tertiary/aromatic N) is 3. The van der Waals surface area contributed by atoms with Crippen LogP contribution in [-0.2, 0) is 22.7 Å². The third kappa shape index (κ3) is 4.06. The maximum Gasteiger partial charge on any atom is 0.242 e. The number of ether oxygens (including phenoxy) is 2. The lowest BCUT2D eigenvalue weighted by molar-refractivity contribution is -0.145. The van der Waals surface area contributed by atoms with Crippen molar-refractivity contribution in [3.8, 4) is 5.75 Å². The van der Waals surface area contributed by atoms with Crippen molar-refractivity contribution in [3.05, 3.63) is 29.1 Å². The van der Waals surface area contributed by atoms with Gasteiger partial charge in [0, 0.05) is 37.3 Å². The highest BCUT2D eigenvalue weighted by Gasteiger charge is 2.40. The molecule has 2 aliphatic rings. The molecule has 0 radical (unpaired) electrons. The van der Waals surface area contributed by atoms with E-state index in [9.17, 15) is 9.18 Å². The Balaban J connectivity index is 1.74. The highest BCUT2D eigenvalue weighted by molar-refractivity contribution is 5.88. The first-order chi connectivity index (χ1) is 13.2. The fraction of sp³-hybridized carbons (Fsp3) is 0.600. The number of guanidine groups is 1. The minimum atomic E-state index is -0.332. The van der Waals surface area contributed by atoms with Gasteiger partial charge in [-0.1, -0.05) is 0 Å². The Bertz CT molecular complexity index is 779. The molecule has 0 unspecified atom stereocenters. The SMILES string of the molecule is CN=C(NCc1cc(F)cc2c1OCOC2)N1CC(=O)N(C(C)C)C(C)(C)C1. The van der Waals surface area contributed by atoms with E-state index in [1.54, 1.807) is 7.05 Å². The molecule has 1 aromatic rings. The van der Waals surface area contributed by atoms with Crippen molar-refractivity contribution in [1.29, 1.82) is 0 Å². The largest absolute Gasteiger partial charge is 0.467 e. The van der Waals surface area contributed by atoms with Gasteiger partial charge in [0.2, 0.25) is 5.91 Å². The van der Waals surface area contributed by atoms with Crippen molar-refractivity contribution >= 4 is 11.9 Å². The van der Waals surface area contributed by atoms with E-state index in [4.69, 9.17) is 9.47 Å². The third-order valence-electron chi connectivity index (χ3n) is 5.04. The van der Waals surface area contributed by atoms with E-state index in [0.717, 1.165) is 0 Å². The van der Waals surface area contributed by atoms with Crippen LogP contribution in [0.15, 0.2) is 17.1 Å². The summed E-state index contributed by atoms with van der Waals surface area (Å²) in [6.45, 7) is 9.90. The molecule has 0 atom stereocenters. The van der Waals surface area contributed by atoms with Gasteiger partial charge in [-0.25, -0.2) is 4.39 Å². The van der Waals surface area contributed by atoms with Crippen molar-refractivity contribution < 1.29 is 18.7 Å². The molecule has 3 rings (SSSR count). The average Bonchev–Trinajstić information content (AvgIpc) is 2.60. The zero-order chi connectivity index (χ0) is 20.5. The summed E-state index contributed by atoms with van der Waals surface area (Å²) >= 11 is 0. The van der Waals surface area contributed by atoms with E-state index in [2.05, 4.69) is 24.2 Å². The minimum Gasteiger partial charge on any atom is -0.467 e. The molecule has 0 aromatic heterocycles. The number of hydrogen-bond acceptors (Lipinski definition) is 4. The number of piperazine rings is 1. The Morgan fingerprint density at radius 3 is 2.79 bits per heavy atom. The zero-order valence-corrected chi connectivity index (χ0v) is 17.2. The highest BCUT2D eigenvalue weighted by atomic mass is 19.1. The molecule has 0 saturated carbocycles. The van der Waals surface area contributed by atoms with Crippen LogP contribution in [0.1, 0.15) is 38.8 Å². The van der Waals surface area contributed by atoms with Crippen LogP contribution < -0.4 is 10.1 Å². The first kappa shape index (κ1) is 20.4. The standard InChI is InChI=1S/C20H29FN4O3/c1-13(2)25-17(26)9-24(11-20(25,3)4)19(22-5)23-8-14-6-16(21)7-15-10-27-12-28-18(14)15/h6-7,13H,8-12H2,1-5H3,(H,22,23). The zero-order valence-electron chi connectivity index (χ0n) is 17.2. The van der Waals surface area contributed by atoms with E-state index < -0.39 is 0 Å². The monoisotopic (exact) mass is 392 g/mol. The molecule has 1 saturated heterocycles. The molecule has 28 heavy (non-hydrogen) atoms. The lowest BCUT2D eigenvalue weighted by Gasteiger charge is -2.49. The van der Waals surface area contributed by atoms with Crippen LogP contribution in [0.4, 0.5) is 4.39 Å². The number of carbonyl (C=O) groups excluding carboxylic acids is 1. The van der Waals surface area contributed by atoms with Crippen LogP contribution in [-0.4, -0.2) is 60.2 Å². The van der Waals surface area contributed by atoms with Crippen LogP contribution in [0.5, 0.6) is 5.75 Å². The number of rotatable bonds is 3. The second-order valence-electron chi connectivity index (χ2n) is 8.09. The Labute approximate surface area is 165 Å². The van der Waals surface area contributed by atoms with Crippen LogP contribution in [0.25, 0.3) is 0 Å². The van der Waals surface area contributed by atoms with Gasteiger partial charge in [-0.3, -0.25) is 9.79 Å². The number of carbonyl (C=O) groups is 1. The molecular weight excluding hydrogens is 363 g/mol. The summed E-state index contributed by atoms with van der Waals surface area (Å²) in [5, 5.41) is 3.25. The number of hydrogen-bond donors (Lipinski definition) is 1. The number of aliphatic imine (C=N–C) groups is 1. The molecule has 154 valence electrons. The molecule has 1 fully saturated rings. The molecule has 2 heterocycles. The van der Waals surface area contributed by atoms with Gasteiger partial charge in [0.15, 0.2) is 12.8 Å². The fourth-order valence-corrected chi connectivity index (χ4v) is 4.21. The Morgan fingerprint density at radius 2 is 2.14 bits per heavy atom. The van der Waals surface area contributed by atoms with Crippen LogP contribution in [0.2, 0.25) is 0 Å². The van der Waals surface area contributed by atoms with Gasteiger partial charge in [0.1, 0.15) is 11.6 Å². The van der Waals surface area contributed by atoms with E-state index in [1.165, 1.54) is 12.1 Å². The number of halogens is 1. The van der Waals surface area contributed by atoms with Crippen LogP contribution in [0, 0.1) is 5.82 Å². The van der Waals surface area contributed by atoms with E-state index in [0.29, 0.717) is 42.5 Å². The van der Waals surface area contributed by atoms with Crippen molar-refractivity contribution in [2.75, 3.05) is 26.9 Å². The molecule has 1 amide bonds. The number of nitrogens with one attached hydrogen (secondary N) is 1. The first-order valence-electron chi connectivity index (χ1n) is 9.52. The summed E-state index contributed by atoms with van der Waals surface area (Å²) in [5.41, 5.74) is 1.07. The summed E-state index contributed by atoms with van der Waals surface area (Å²) in [6.07, 6.45) is 0. The minimum absolute atomic E-state index is 0.0674. The van der Waals surface area contributed by atoms with Crippen LogP contribution in [0.3, 0.4) is 0 Å². The topological polar surface area (TPSA) is 66.4 Å². The molecule has 1 N–H and O–H groups in total. The summed E-state index contributed by atoms with van der Waals surface area (Å²) < 4.78 is 24.8. The summed E-state index contributed by atoms with van der Waals surface area (Å²) in [4.78, 5) is 20.9. The number of fused-ring (bicyclic) bond motifs is 1. The van der Waals surface area contributed by atoms with E-state index in [1.807, 2.05) is 23.6 Å². The second kappa shape index (κ2) is 7.95. The molecule has 2 aliphatic heterocycles.